The van der Waals surface area contributed by atoms with Crippen molar-refractivity contribution in [1.82, 2.24) is 5.32 Å². The van der Waals surface area contributed by atoms with Crippen LogP contribution in [0.3, 0.4) is 0 Å². The van der Waals surface area contributed by atoms with Crippen molar-refractivity contribution in [3.8, 4) is 0 Å². The number of rotatable bonds is 8. The Morgan fingerprint density at radius 1 is 1.43 bits per heavy atom. The number of carbonyl (C=O) groups excluding carboxylic acids is 1. The topological polar surface area (TPSA) is 98.3 Å². The van der Waals surface area contributed by atoms with E-state index in [2.05, 4.69) is 5.32 Å². The third kappa shape index (κ3) is 7.31. The SMILES string of the molecule is CSCC[C@H](N)C(=O)NCCc1ccc([N+](=O)[O-])cc1.Cl. The molecule has 0 aliphatic heterocycles. The highest BCUT2D eigenvalue weighted by Gasteiger charge is 2.12. The van der Waals surface area contributed by atoms with Crippen molar-refractivity contribution in [2.45, 2.75) is 18.9 Å². The maximum atomic E-state index is 11.6. The van der Waals surface area contributed by atoms with Crippen LogP contribution in [0.4, 0.5) is 5.69 Å². The number of hydrogen-bond donors (Lipinski definition) is 2. The molecular weight excluding hydrogens is 314 g/mol. The van der Waals surface area contributed by atoms with E-state index in [4.69, 9.17) is 5.73 Å². The number of halogens is 1. The lowest BCUT2D eigenvalue weighted by atomic mass is 10.1. The van der Waals surface area contributed by atoms with Crippen LogP contribution < -0.4 is 11.1 Å². The van der Waals surface area contributed by atoms with Crippen molar-refractivity contribution >= 4 is 35.8 Å². The number of nitro benzene ring substituents is 1. The van der Waals surface area contributed by atoms with Crippen molar-refractivity contribution in [2.75, 3.05) is 18.6 Å². The summed E-state index contributed by atoms with van der Waals surface area (Å²) in [5.41, 5.74) is 6.74. The van der Waals surface area contributed by atoms with Gasteiger partial charge in [0.2, 0.25) is 5.91 Å². The fraction of sp³-hybridized carbons (Fsp3) is 0.462. The van der Waals surface area contributed by atoms with E-state index in [0.29, 0.717) is 19.4 Å². The van der Waals surface area contributed by atoms with Gasteiger partial charge in [-0.05, 0) is 30.4 Å². The second-order valence-electron chi connectivity index (χ2n) is 4.35. The summed E-state index contributed by atoms with van der Waals surface area (Å²) in [6.45, 7) is 0.476. The highest BCUT2D eigenvalue weighted by Crippen LogP contribution is 2.11. The van der Waals surface area contributed by atoms with Crippen LogP contribution in [0.5, 0.6) is 0 Å². The average molecular weight is 334 g/mol. The number of hydrogen-bond acceptors (Lipinski definition) is 5. The van der Waals surface area contributed by atoms with Crippen molar-refractivity contribution in [3.05, 3.63) is 39.9 Å². The van der Waals surface area contributed by atoms with Gasteiger partial charge in [0, 0.05) is 18.7 Å². The van der Waals surface area contributed by atoms with E-state index in [1.165, 1.54) is 12.1 Å². The first-order chi connectivity index (χ1) is 9.54. The number of nitrogens with two attached hydrogens (primary N) is 1. The Morgan fingerprint density at radius 2 is 2.05 bits per heavy atom. The zero-order valence-electron chi connectivity index (χ0n) is 11.8. The molecule has 1 amide bonds. The smallest absolute Gasteiger partial charge is 0.269 e. The number of carbonyl (C=O) groups is 1. The molecular formula is C13H20ClN3O3S. The van der Waals surface area contributed by atoms with Gasteiger partial charge in [-0.3, -0.25) is 14.9 Å². The van der Waals surface area contributed by atoms with Gasteiger partial charge >= 0.3 is 0 Å². The molecule has 0 spiro atoms. The Kier molecular flexibility index (Phi) is 9.77. The maximum Gasteiger partial charge on any atom is 0.269 e. The Bertz CT molecular complexity index is 456. The number of thioether (sulfide) groups is 1. The summed E-state index contributed by atoms with van der Waals surface area (Å²) in [4.78, 5) is 21.7. The normalized spacial score (nSPS) is 11.3. The summed E-state index contributed by atoms with van der Waals surface area (Å²) in [5, 5.41) is 13.3. The summed E-state index contributed by atoms with van der Waals surface area (Å²) in [7, 11) is 0. The van der Waals surface area contributed by atoms with Gasteiger partial charge < -0.3 is 11.1 Å². The molecule has 1 aromatic rings. The minimum Gasteiger partial charge on any atom is -0.354 e. The summed E-state index contributed by atoms with van der Waals surface area (Å²) in [5.74, 6) is 0.706. The molecule has 1 atom stereocenters. The number of nitrogens with one attached hydrogen (secondary N) is 1. The molecule has 118 valence electrons. The zero-order chi connectivity index (χ0) is 15.0. The maximum absolute atomic E-state index is 11.6. The molecule has 1 rings (SSSR count). The fourth-order valence-corrected chi connectivity index (χ4v) is 2.11. The van der Waals surface area contributed by atoms with Crippen LogP contribution in [0.15, 0.2) is 24.3 Å². The zero-order valence-corrected chi connectivity index (χ0v) is 13.4. The Hall–Kier alpha value is -1.31. The molecule has 1 aromatic carbocycles. The number of nitro groups is 1. The lowest BCUT2D eigenvalue weighted by molar-refractivity contribution is -0.384. The minimum atomic E-state index is -0.473. The predicted molar refractivity (Wildman–Crippen MR) is 88.0 cm³/mol. The van der Waals surface area contributed by atoms with Crippen LogP contribution in [0.25, 0.3) is 0 Å². The molecule has 0 unspecified atom stereocenters. The third-order valence-electron chi connectivity index (χ3n) is 2.83. The number of non-ortho nitro benzene ring substituents is 1. The highest BCUT2D eigenvalue weighted by molar-refractivity contribution is 7.98. The standard InChI is InChI=1S/C13H19N3O3S.ClH/c1-20-9-7-12(14)13(17)15-8-6-10-2-4-11(5-3-10)16(18)19;/h2-5,12H,6-9,14H2,1H3,(H,15,17);1H/t12-;/m0./s1. The Morgan fingerprint density at radius 3 is 2.57 bits per heavy atom. The summed E-state index contributed by atoms with van der Waals surface area (Å²) >= 11 is 1.66. The van der Waals surface area contributed by atoms with Crippen LogP contribution in [0, 0.1) is 10.1 Å². The van der Waals surface area contributed by atoms with E-state index in [1.54, 1.807) is 23.9 Å². The van der Waals surface area contributed by atoms with Crippen molar-refractivity contribution in [3.63, 3.8) is 0 Å². The van der Waals surface area contributed by atoms with Gasteiger partial charge in [-0.25, -0.2) is 0 Å². The molecule has 0 saturated heterocycles. The number of amides is 1. The lowest BCUT2D eigenvalue weighted by Gasteiger charge is -2.11. The van der Waals surface area contributed by atoms with Gasteiger partial charge in [0.1, 0.15) is 0 Å². The van der Waals surface area contributed by atoms with E-state index in [0.717, 1.165) is 11.3 Å². The first-order valence-corrected chi connectivity index (χ1v) is 7.69. The van der Waals surface area contributed by atoms with Crippen LogP contribution in [-0.4, -0.2) is 35.4 Å². The minimum absolute atomic E-state index is 0. The van der Waals surface area contributed by atoms with Gasteiger partial charge in [-0.15, -0.1) is 12.4 Å². The largest absolute Gasteiger partial charge is 0.354 e. The molecule has 0 fully saturated rings. The van der Waals surface area contributed by atoms with Crippen LogP contribution in [-0.2, 0) is 11.2 Å². The molecule has 8 heteroatoms. The van der Waals surface area contributed by atoms with E-state index in [1.807, 2.05) is 6.26 Å². The molecule has 0 aromatic heterocycles. The lowest BCUT2D eigenvalue weighted by Crippen LogP contribution is -2.41. The molecule has 0 saturated carbocycles. The first-order valence-electron chi connectivity index (χ1n) is 6.30. The molecule has 0 aliphatic rings. The van der Waals surface area contributed by atoms with Crippen LogP contribution >= 0.6 is 24.2 Å². The van der Waals surface area contributed by atoms with E-state index in [9.17, 15) is 14.9 Å². The molecule has 6 nitrogen and oxygen atoms in total. The second-order valence-corrected chi connectivity index (χ2v) is 5.34. The van der Waals surface area contributed by atoms with Gasteiger partial charge in [0.15, 0.2) is 0 Å². The number of benzene rings is 1. The molecule has 21 heavy (non-hydrogen) atoms. The fourth-order valence-electron chi connectivity index (χ4n) is 1.62. The monoisotopic (exact) mass is 333 g/mol. The Balaban J connectivity index is 0.00000400. The first kappa shape index (κ1) is 19.7. The highest BCUT2D eigenvalue weighted by atomic mass is 35.5. The van der Waals surface area contributed by atoms with Gasteiger partial charge in [0.25, 0.3) is 5.69 Å². The van der Waals surface area contributed by atoms with E-state index >= 15 is 0 Å². The van der Waals surface area contributed by atoms with Gasteiger partial charge in [-0.2, -0.15) is 11.8 Å². The summed E-state index contributed by atoms with van der Waals surface area (Å²) < 4.78 is 0. The Labute approximate surface area is 134 Å². The van der Waals surface area contributed by atoms with Gasteiger partial charge in [-0.1, -0.05) is 12.1 Å². The van der Waals surface area contributed by atoms with Crippen molar-refractivity contribution < 1.29 is 9.72 Å². The van der Waals surface area contributed by atoms with E-state index < -0.39 is 11.0 Å². The quantitative estimate of drug-likeness (QED) is 0.558. The average Bonchev–Trinajstić information content (AvgIpc) is 2.45. The molecule has 0 heterocycles. The summed E-state index contributed by atoms with van der Waals surface area (Å²) in [6.07, 6.45) is 3.25. The number of nitrogens with zero attached hydrogens (tertiary/aromatic N) is 1. The molecule has 0 bridgehead atoms. The van der Waals surface area contributed by atoms with Gasteiger partial charge in [0.05, 0.1) is 11.0 Å². The van der Waals surface area contributed by atoms with Crippen LogP contribution in [0.2, 0.25) is 0 Å². The molecule has 0 radical (unpaired) electrons. The van der Waals surface area contributed by atoms with Crippen molar-refractivity contribution in [2.24, 2.45) is 5.73 Å². The summed E-state index contributed by atoms with van der Waals surface area (Å²) in [6, 6.07) is 5.83. The van der Waals surface area contributed by atoms with Crippen molar-refractivity contribution in [1.29, 1.82) is 0 Å². The molecule has 0 aliphatic carbocycles. The molecule has 3 N–H and O–H groups in total. The van der Waals surface area contributed by atoms with Crippen LogP contribution in [0.1, 0.15) is 12.0 Å². The second kappa shape index (κ2) is 10.4. The third-order valence-corrected chi connectivity index (χ3v) is 3.47. The predicted octanol–water partition coefficient (Wildman–Crippen LogP) is 1.76. The van der Waals surface area contributed by atoms with E-state index in [-0.39, 0.29) is 24.0 Å².